The number of nitrogens with one attached hydrogen (secondary N) is 1. The molecule has 0 radical (unpaired) electrons. The van der Waals surface area contributed by atoms with Gasteiger partial charge in [0, 0.05) is 34.9 Å². The van der Waals surface area contributed by atoms with Gasteiger partial charge in [0.05, 0.1) is 0 Å². The van der Waals surface area contributed by atoms with Gasteiger partial charge in [0.1, 0.15) is 0 Å². The van der Waals surface area contributed by atoms with E-state index in [0.717, 1.165) is 41.0 Å². The monoisotopic (exact) mass is 297 g/mol. The SMILES string of the molecule is CC(=O)C1=C(C)NC2=C(C(=O)CC(C)(C)C2)C1C1=CCC=C1. The van der Waals surface area contributed by atoms with E-state index in [0.29, 0.717) is 6.42 Å². The Bertz CT molecular complexity index is 686. The van der Waals surface area contributed by atoms with Gasteiger partial charge < -0.3 is 5.32 Å². The summed E-state index contributed by atoms with van der Waals surface area (Å²) in [5.74, 6) is 0.0349. The fourth-order valence-electron chi connectivity index (χ4n) is 3.93. The molecule has 0 aromatic heterocycles. The van der Waals surface area contributed by atoms with E-state index in [1.165, 1.54) is 0 Å². The molecule has 1 aliphatic heterocycles. The van der Waals surface area contributed by atoms with Crippen LogP contribution in [0.3, 0.4) is 0 Å². The zero-order valence-corrected chi connectivity index (χ0v) is 13.7. The molecule has 0 amide bonds. The minimum atomic E-state index is -0.184. The van der Waals surface area contributed by atoms with Crippen LogP contribution < -0.4 is 5.32 Å². The number of carbonyl (C=O) groups is 2. The Labute approximate surface area is 131 Å². The molecule has 2 aliphatic carbocycles. The second-order valence-corrected chi connectivity index (χ2v) is 7.33. The van der Waals surface area contributed by atoms with Gasteiger partial charge in [0.25, 0.3) is 0 Å². The average Bonchev–Trinajstić information content (AvgIpc) is 2.88. The van der Waals surface area contributed by atoms with Crippen LogP contribution in [0.5, 0.6) is 0 Å². The first-order valence-corrected chi connectivity index (χ1v) is 7.92. The van der Waals surface area contributed by atoms with E-state index in [9.17, 15) is 9.59 Å². The van der Waals surface area contributed by atoms with Gasteiger partial charge in [-0.1, -0.05) is 32.1 Å². The lowest BCUT2D eigenvalue weighted by atomic mass is 9.68. The van der Waals surface area contributed by atoms with Gasteiger partial charge in [0.2, 0.25) is 0 Å². The summed E-state index contributed by atoms with van der Waals surface area (Å²) in [5.41, 5.74) is 4.52. The number of dihydropyridines is 1. The molecule has 3 rings (SSSR count). The lowest BCUT2D eigenvalue weighted by Crippen LogP contribution is -2.39. The van der Waals surface area contributed by atoms with E-state index >= 15 is 0 Å². The van der Waals surface area contributed by atoms with Crippen molar-refractivity contribution in [3.05, 3.63) is 46.3 Å². The van der Waals surface area contributed by atoms with Gasteiger partial charge in [0.15, 0.2) is 11.6 Å². The first-order valence-electron chi connectivity index (χ1n) is 7.92. The third-order valence-corrected chi connectivity index (χ3v) is 4.75. The standard InChI is InChI=1S/C19H23NO2/c1-11-16(12(2)21)17(13-7-5-6-8-13)18-14(20-11)9-19(3,4)10-15(18)22/h5,7-8,17,20H,6,9-10H2,1-4H3. The second kappa shape index (κ2) is 5.08. The minimum absolute atomic E-state index is 0.0264. The Morgan fingerprint density at radius 1 is 1.32 bits per heavy atom. The number of hydrogen-bond acceptors (Lipinski definition) is 3. The van der Waals surface area contributed by atoms with Crippen molar-refractivity contribution in [1.82, 2.24) is 5.32 Å². The van der Waals surface area contributed by atoms with Crippen LogP contribution in [0.1, 0.15) is 47.0 Å². The summed E-state index contributed by atoms with van der Waals surface area (Å²) in [6.45, 7) is 7.79. The molecule has 116 valence electrons. The molecule has 3 heteroatoms. The molecule has 0 spiro atoms. The van der Waals surface area contributed by atoms with E-state index in [1.807, 2.05) is 6.92 Å². The molecule has 1 atom stereocenters. The summed E-state index contributed by atoms with van der Waals surface area (Å²) in [6.07, 6.45) is 8.55. The van der Waals surface area contributed by atoms with Crippen LogP contribution in [-0.4, -0.2) is 11.6 Å². The average molecular weight is 297 g/mol. The number of carbonyl (C=O) groups excluding carboxylic acids is 2. The maximum Gasteiger partial charge on any atom is 0.162 e. The van der Waals surface area contributed by atoms with Crippen LogP contribution in [0, 0.1) is 11.3 Å². The van der Waals surface area contributed by atoms with Crippen molar-refractivity contribution in [1.29, 1.82) is 0 Å². The fourth-order valence-corrected chi connectivity index (χ4v) is 3.93. The lowest BCUT2D eigenvalue weighted by Gasteiger charge is -2.39. The van der Waals surface area contributed by atoms with Gasteiger partial charge in [-0.05, 0) is 37.7 Å². The first kappa shape index (κ1) is 15.0. The Kier molecular flexibility index (Phi) is 3.47. The highest BCUT2D eigenvalue weighted by Gasteiger charge is 2.42. The third-order valence-electron chi connectivity index (χ3n) is 4.75. The topological polar surface area (TPSA) is 46.2 Å². The molecule has 0 fully saturated rings. The Hall–Kier alpha value is -1.90. The van der Waals surface area contributed by atoms with E-state index in [2.05, 4.69) is 37.4 Å². The molecule has 1 unspecified atom stereocenters. The minimum Gasteiger partial charge on any atom is -0.362 e. The fraction of sp³-hybridized carbons (Fsp3) is 0.474. The molecule has 1 heterocycles. The molecule has 0 aromatic carbocycles. The van der Waals surface area contributed by atoms with Crippen molar-refractivity contribution in [2.45, 2.75) is 47.0 Å². The normalized spacial score (nSPS) is 26.8. The predicted octanol–water partition coefficient (Wildman–Crippen LogP) is 3.60. The number of hydrogen-bond donors (Lipinski definition) is 1. The Morgan fingerprint density at radius 3 is 2.64 bits per heavy atom. The van der Waals surface area contributed by atoms with Gasteiger partial charge in [-0.15, -0.1) is 0 Å². The summed E-state index contributed by atoms with van der Waals surface area (Å²) in [5, 5.41) is 3.36. The quantitative estimate of drug-likeness (QED) is 0.847. The number of Topliss-reactive ketones (excluding diaryl/α,β-unsaturated/α-hetero) is 2. The van der Waals surface area contributed by atoms with Crippen molar-refractivity contribution in [2.24, 2.45) is 11.3 Å². The van der Waals surface area contributed by atoms with Gasteiger partial charge in [-0.3, -0.25) is 9.59 Å². The number of allylic oxidation sites excluding steroid dienone is 8. The molecule has 1 N–H and O–H groups in total. The van der Waals surface area contributed by atoms with Crippen LogP contribution >= 0.6 is 0 Å². The lowest BCUT2D eigenvalue weighted by molar-refractivity contribution is -0.118. The van der Waals surface area contributed by atoms with Crippen LogP contribution in [0.25, 0.3) is 0 Å². The van der Waals surface area contributed by atoms with Crippen LogP contribution in [-0.2, 0) is 9.59 Å². The highest BCUT2D eigenvalue weighted by atomic mass is 16.1. The second-order valence-electron chi connectivity index (χ2n) is 7.33. The summed E-state index contributed by atoms with van der Waals surface area (Å²) in [7, 11) is 0. The molecule has 22 heavy (non-hydrogen) atoms. The van der Waals surface area contributed by atoms with E-state index in [-0.39, 0.29) is 22.9 Å². The van der Waals surface area contributed by atoms with Crippen molar-refractivity contribution < 1.29 is 9.59 Å². The summed E-state index contributed by atoms with van der Waals surface area (Å²) in [4.78, 5) is 25.0. The molecule has 0 bridgehead atoms. The smallest absolute Gasteiger partial charge is 0.162 e. The van der Waals surface area contributed by atoms with E-state index in [4.69, 9.17) is 0 Å². The summed E-state index contributed by atoms with van der Waals surface area (Å²) in [6, 6.07) is 0. The summed E-state index contributed by atoms with van der Waals surface area (Å²) >= 11 is 0. The zero-order chi connectivity index (χ0) is 16.1. The maximum atomic E-state index is 12.8. The molecule has 0 saturated heterocycles. The molecular weight excluding hydrogens is 274 g/mol. The first-order chi connectivity index (χ1) is 10.3. The maximum absolute atomic E-state index is 12.8. The Balaban J connectivity index is 2.16. The predicted molar refractivity (Wildman–Crippen MR) is 86.9 cm³/mol. The molecule has 3 nitrogen and oxygen atoms in total. The largest absolute Gasteiger partial charge is 0.362 e. The summed E-state index contributed by atoms with van der Waals surface area (Å²) < 4.78 is 0. The van der Waals surface area contributed by atoms with Crippen molar-refractivity contribution in [3.63, 3.8) is 0 Å². The highest BCUT2D eigenvalue weighted by Crippen LogP contribution is 2.45. The highest BCUT2D eigenvalue weighted by molar-refractivity contribution is 6.04. The Morgan fingerprint density at radius 2 is 2.05 bits per heavy atom. The molecular formula is C19H23NO2. The van der Waals surface area contributed by atoms with E-state index < -0.39 is 0 Å². The van der Waals surface area contributed by atoms with Crippen LogP contribution in [0.4, 0.5) is 0 Å². The van der Waals surface area contributed by atoms with Crippen molar-refractivity contribution >= 4 is 11.6 Å². The third kappa shape index (κ3) is 2.39. The number of ketones is 2. The molecule has 0 saturated carbocycles. The van der Waals surface area contributed by atoms with Gasteiger partial charge in [-0.2, -0.15) is 0 Å². The zero-order valence-electron chi connectivity index (χ0n) is 13.7. The van der Waals surface area contributed by atoms with Crippen LogP contribution in [0.15, 0.2) is 46.3 Å². The van der Waals surface area contributed by atoms with Crippen LogP contribution in [0.2, 0.25) is 0 Å². The van der Waals surface area contributed by atoms with Gasteiger partial charge >= 0.3 is 0 Å². The molecule has 3 aliphatic rings. The van der Waals surface area contributed by atoms with Crippen molar-refractivity contribution in [2.75, 3.05) is 0 Å². The molecule has 0 aromatic rings. The number of rotatable bonds is 2. The van der Waals surface area contributed by atoms with Crippen molar-refractivity contribution in [3.8, 4) is 0 Å². The van der Waals surface area contributed by atoms with E-state index in [1.54, 1.807) is 6.92 Å². The van der Waals surface area contributed by atoms with Gasteiger partial charge in [-0.25, -0.2) is 0 Å².